The van der Waals surface area contributed by atoms with E-state index in [9.17, 15) is 23.9 Å². The zero-order valence-corrected chi connectivity index (χ0v) is 18.6. The second-order valence-corrected chi connectivity index (χ2v) is 8.76. The third kappa shape index (κ3) is 3.51. The fourth-order valence-corrected chi connectivity index (χ4v) is 4.83. The van der Waals surface area contributed by atoms with Gasteiger partial charge in [-0.1, -0.05) is 23.7 Å². The first kappa shape index (κ1) is 22.5. The predicted molar refractivity (Wildman–Crippen MR) is 116 cm³/mol. The molecule has 4 rings (SSSR count). The highest BCUT2D eigenvalue weighted by Crippen LogP contribution is 2.54. The Morgan fingerprint density at radius 1 is 1.38 bits per heavy atom. The molecule has 1 aliphatic heterocycles. The molecule has 9 heteroatoms. The summed E-state index contributed by atoms with van der Waals surface area (Å²) in [7, 11) is 1.59. The molecule has 2 heterocycles. The molecule has 1 aliphatic carbocycles. The van der Waals surface area contributed by atoms with E-state index < -0.39 is 34.2 Å². The minimum atomic E-state index is -0.891. The monoisotopic (exact) mass is 462 g/mol. The fraction of sp³-hybridized carbons (Fsp3) is 0.435. The molecule has 32 heavy (non-hydrogen) atoms. The maximum atomic E-state index is 14.2. The lowest BCUT2D eigenvalue weighted by atomic mass is 10.00. The van der Waals surface area contributed by atoms with Crippen LogP contribution in [0.5, 0.6) is 5.75 Å². The highest BCUT2D eigenvalue weighted by molar-refractivity contribution is 6.30. The number of ketones is 1. The lowest BCUT2D eigenvalue weighted by molar-refractivity contribution is 0.0622. The summed E-state index contributed by atoms with van der Waals surface area (Å²) in [4.78, 5) is 40.2. The molecule has 1 spiro atoms. The Morgan fingerprint density at radius 2 is 2.12 bits per heavy atom. The smallest absolute Gasteiger partial charge is 0.274 e. The maximum Gasteiger partial charge on any atom is 0.274 e. The number of amides is 1. The van der Waals surface area contributed by atoms with Gasteiger partial charge in [0, 0.05) is 38.7 Å². The maximum absolute atomic E-state index is 14.2. The van der Waals surface area contributed by atoms with Gasteiger partial charge in [0.2, 0.25) is 5.43 Å². The summed E-state index contributed by atoms with van der Waals surface area (Å²) in [6, 6.07) is 4.53. The number of aryl methyl sites for hydroxylation is 1. The number of halogens is 2. The van der Waals surface area contributed by atoms with Gasteiger partial charge in [-0.25, -0.2) is 4.39 Å². The van der Waals surface area contributed by atoms with Crippen molar-refractivity contribution < 1.29 is 23.8 Å². The van der Waals surface area contributed by atoms with Crippen LogP contribution in [0, 0.1) is 11.7 Å². The highest BCUT2D eigenvalue weighted by atomic mass is 35.5. The van der Waals surface area contributed by atoms with E-state index in [1.54, 1.807) is 22.6 Å². The third-order valence-electron chi connectivity index (χ3n) is 6.52. The molecule has 2 aromatic rings. The Kier molecular flexibility index (Phi) is 5.85. The Balaban J connectivity index is 1.71. The Labute approximate surface area is 189 Å². The lowest BCUT2D eigenvalue weighted by Gasteiger charge is -2.37. The Hall–Kier alpha value is -2.71. The Morgan fingerprint density at radius 3 is 2.81 bits per heavy atom. The van der Waals surface area contributed by atoms with Crippen molar-refractivity contribution in [3.8, 4) is 5.75 Å². The van der Waals surface area contributed by atoms with Crippen LogP contribution in [0.2, 0.25) is 5.02 Å². The van der Waals surface area contributed by atoms with Gasteiger partial charge in [0.05, 0.1) is 22.7 Å². The van der Waals surface area contributed by atoms with Crippen LogP contribution in [-0.4, -0.2) is 53.1 Å². The first-order chi connectivity index (χ1) is 15.2. The van der Waals surface area contributed by atoms with E-state index in [1.165, 1.54) is 18.3 Å². The van der Waals surface area contributed by atoms with E-state index in [0.717, 1.165) is 0 Å². The van der Waals surface area contributed by atoms with Crippen molar-refractivity contribution >= 4 is 23.3 Å². The van der Waals surface area contributed by atoms with Crippen LogP contribution < -0.4 is 5.43 Å². The number of likely N-dealkylation sites (N-methyl/N-ethyl adjacent to an activating group) is 1. The van der Waals surface area contributed by atoms with Gasteiger partial charge in [-0.3, -0.25) is 14.4 Å². The number of aromatic hydroxyl groups is 1. The quantitative estimate of drug-likeness (QED) is 0.639. The van der Waals surface area contributed by atoms with Gasteiger partial charge >= 0.3 is 0 Å². The molecule has 0 radical (unpaired) electrons. The minimum Gasteiger partial charge on any atom is -0.503 e. The number of pyridine rings is 1. The number of nitrogens with zero attached hydrogens (tertiary/aromatic N) is 2. The lowest BCUT2D eigenvalue weighted by Crippen LogP contribution is -2.49. The molecule has 2 atom stereocenters. The van der Waals surface area contributed by atoms with Crippen molar-refractivity contribution in [3.63, 3.8) is 0 Å². The van der Waals surface area contributed by atoms with E-state index in [0.29, 0.717) is 26.1 Å². The standard InChI is InChI=1S/C23H24ClFN2O5/c1-3-26-12-23(9-14(23)11-32-2)27-10-15(20(29)21(30)19(27)22(26)31)17(28)8-7-13-5-4-6-16(24)18(13)25/h4-6,10,14,30H,3,7-9,11-12H2,1-2H3. The normalized spacial score (nSPS) is 21.7. The number of Topliss-reactive ketones (excluding diaryl/α,β-unsaturated/α-hetero) is 1. The van der Waals surface area contributed by atoms with Gasteiger partial charge in [-0.15, -0.1) is 0 Å². The van der Waals surface area contributed by atoms with Gasteiger partial charge in [0.15, 0.2) is 17.2 Å². The first-order valence-electron chi connectivity index (χ1n) is 10.5. The molecule has 2 aliphatic rings. The van der Waals surface area contributed by atoms with Crippen LogP contribution in [0.3, 0.4) is 0 Å². The van der Waals surface area contributed by atoms with E-state index in [4.69, 9.17) is 16.3 Å². The van der Waals surface area contributed by atoms with E-state index >= 15 is 0 Å². The van der Waals surface area contributed by atoms with Gasteiger partial charge in [-0.05, 0) is 31.4 Å². The van der Waals surface area contributed by atoms with Crippen LogP contribution in [0.4, 0.5) is 4.39 Å². The van der Waals surface area contributed by atoms with Gasteiger partial charge in [-0.2, -0.15) is 0 Å². The van der Waals surface area contributed by atoms with Crippen molar-refractivity contribution in [2.24, 2.45) is 5.92 Å². The molecular formula is C23H24ClFN2O5. The zero-order valence-electron chi connectivity index (χ0n) is 17.9. The molecule has 1 N–H and O–H groups in total. The van der Waals surface area contributed by atoms with E-state index in [-0.39, 0.29) is 40.6 Å². The average molecular weight is 463 g/mol. The molecule has 1 aromatic carbocycles. The van der Waals surface area contributed by atoms with Crippen LogP contribution in [-0.2, 0) is 16.7 Å². The summed E-state index contributed by atoms with van der Waals surface area (Å²) in [5, 5.41) is 10.6. The minimum absolute atomic E-state index is 0.0414. The number of fused-ring (bicyclic) bond motifs is 2. The van der Waals surface area contributed by atoms with Crippen molar-refractivity contribution in [1.29, 1.82) is 0 Å². The zero-order chi connectivity index (χ0) is 23.2. The molecule has 7 nitrogen and oxygen atoms in total. The van der Waals surface area contributed by atoms with Gasteiger partial charge in [0.25, 0.3) is 5.91 Å². The summed E-state index contributed by atoms with van der Waals surface area (Å²) >= 11 is 5.79. The number of ether oxygens (including phenoxy) is 1. The van der Waals surface area contributed by atoms with Crippen molar-refractivity contribution in [2.45, 2.75) is 31.7 Å². The summed E-state index contributed by atoms with van der Waals surface area (Å²) in [5.74, 6) is -2.23. The molecule has 1 aromatic heterocycles. The van der Waals surface area contributed by atoms with Crippen molar-refractivity contribution in [1.82, 2.24) is 9.47 Å². The topological polar surface area (TPSA) is 88.8 Å². The number of hydrogen-bond donors (Lipinski definition) is 1. The van der Waals surface area contributed by atoms with E-state index in [2.05, 4.69) is 0 Å². The second-order valence-electron chi connectivity index (χ2n) is 8.35. The van der Waals surface area contributed by atoms with Crippen LogP contribution in [0.25, 0.3) is 0 Å². The number of carbonyl (C=O) groups is 2. The molecular weight excluding hydrogens is 439 g/mol. The van der Waals surface area contributed by atoms with Crippen LogP contribution in [0.15, 0.2) is 29.2 Å². The molecule has 1 saturated carbocycles. The number of aromatic nitrogens is 1. The van der Waals surface area contributed by atoms with Gasteiger partial charge < -0.3 is 19.3 Å². The van der Waals surface area contributed by atoms with Crippen molar-refractivity contribution in [2.75, 3.05) is 26.8 Å². The molecule has 1 fully saturated rings. The summed E-state index contributed by atoms with van der Waals surface area (Å²) < 4.78 is 21.0. The molecule has 2 unspecified atom stereocenters. The molecule has 1 amide bonds. The summed E-state index contributed by atoms with van der Waals surface area (Å²) in [6.07, 6.45) is 1.98. The fourth-order valence-electron chi connectivity index (χ4n) is 4.64. The molecule has 0 saturated heterocycles. The number of rotatable bonds is 7. The third-order valence-corrected chi connectivity index (χ3v) is 6.81. The predicted octanol–water partition coefficient (Wildman–Crippen LogP) is 3.00. The number of carbonyl (C=O) groups excluding carboxylic acids is 2. The van der Waals surface area contributed by atoms with E-state index in [1.807, 2.05) is 6.92 Å². The summed E-state index contributed by atoms with van der Waals surface area (Å²) in [6.45, 7) is 3.12. The number of methoxy groups -OCH3 is 1. The molecule has 0 bridgehead atoms. The second kappa shape index (κ2) is 8.33. The summed E-state index contributed by atoms with van der Waals surface area (Å²) in [5.41, 5.74) is -1.47. The number of hydrogen-bond acceptors (Lipinski definition) is 5. The van der Waals surface area contributed by atoms with Crippen LogP contribution >= 0.6 is 11.6 Å². The van der Waals surface area contributed by atoms with Crippen molar-refractivity contribution in [3.05, 3.63) is 62.3 Å². The largest absolute Gasteiger partial charge is 0.503 e. The Bertz CT molecular complexity index is 1160. The first-order valence-corrected chi connectivity index (χ1v) is 10.9. The van der Waals surface area contributed by atoms with Crippen LogP contribution in [0.1, 0.15) is 46.2 Å². The molecule has 170 valence electrons. The van der Waals surface area contributed by atoms with Gasteiger partial charge in [0.1, 0.15) is 5.82 Å². The highest BCUT2D eigenvalue weighted by Gasteiger charge is 2.60. The SMILES string of the molecule is CCN1CC2(CC2COC)n2cc(C(=O)CCc3cccc(Cl)c3F)c(=O)c(O)c2C1=O. The number of benzene rings is 1. The average Bonchev–Trinajstić information content (AvgIpc) is 3.46.